The van der Waals surface area contributed by atoms with E-state index in [0.29, 0.717) is 34.3 Å². The van der Waals surface area contributed by atoms with Gasteiger partial charge < -0.3 is 10.1 Å². The highest BCUT2D eigenvalue weighted by molar-refractivity contribution is 7.90. The van der Waals surface area contributed by atoms with E-state index in [1.807, 2.05) is 6.07 Å². The first-order valence-electron chi connectivity index (χ1n) is 10.9. The van der Waals surface area contributed by atoms with Gasteiger partial charge in [0.2, 0.25) is 0 Å². The van der Waals surface area contributed by atoms with Crippen molar-refractivity contribution in [3.8, 4) is 17.6 Å². The van der Waals surface area contributed by atoms with Crippen molar-refractivity contribution < 1.29 is 31.1 Å². The van der Waals surface area contributed by atoms with E-state index in [0.717, 1.165) is 18.4 Å². The van der Waals surface area contributed by atoms with Crippen LogP contribution in [0.15, 0.2) is 53.6 Å². The zero-order valence-corrected chi connectivity index (χ0v) is 20.9. The Morgan fingerprint density at radius 2 is 1.89 bits per heavy atom. The number of ether oxygens (including phenoxy) is 1. The Morgan fingerprint density at radius 3 is 2.50 bits per heavy atom. The van der Waals surface area contributed by atoms with Crippen LogP contribution in [0.25, 0.3) is 17.0 Å². The molecule has 0 aliphatic heterocycles. The summed E-state index contributed by atoms with van der Waals surface area (Å²) >= 11 is 0. The summed E-state index contributed by atoms with van der Waals surface area (Å²) < 4.78 is 67.9. The fraction of sp³-hybridized carbons (Fsp3) is 0.208. The molecule has 1 amide bonds. The van der Waals surface area contributed by atoms with Crippen LogP contribution in [0.4, 0.5) is 13.2 Å². The van der Waals surface area contributed by atoms with Gasteiger partial charge in [0, 0.05) is 23.7 Å². The van der Waals surface area contributed by atoms with Gasteiger partial charge in [-0.15, -0.1) is 13.2 Å². The molecular weight excluding hydrogens is 525 g/mol. The highest BCUT2D eigenvalue weighted by Gasteiger charge is 2.32. The lowest BCUT2D eigenvalue weighted by atomic mass is 10.2. The standard InChI is InChI=1S/C24H19F3N6O4S/c1-13-4-6-19-22(30-13)33(20-7-5-15(11-28)12-29-20)21(32-19)14(2)31-23(34)16-8-17(37-24(25,26)27)10-18(9-16)38(3,35)36/h4-10,12,14H,1-3H3,(H,31,34). The van der Waals surface area contributed by atoms with Gasteiger partial charge in [0.05, 0.1) is 16.5 Å². The van der Waals surface area contributed by atoms with E-state index in [9.17, 15) is 26.4 Å². The Labute approximate surface area is 214 Å². The number of aryl methyl sites for hydroxylation is 1. The molecule has 0 saturated carbocycles. The number of carbonyl (C=O) groups excluding carboxylic acids is 1. The second kappa shape index (κ2) is 9.75. The molecule has 1 N–H and O–H groups in total. The van der Waals surface area contributed by atoms with Crippen molar-refractivity contribution in [1.82, 2.24) is 24.8 Å². The van der Waals surface area contributed by atoms with Gasteiger partial charge in [0.15, 0.2) is 15.5 Å². The molecule has 0 radical (unpaired) electrons. The largest absolute Gasteiger partial charge is 0.573 e. The Bertz CT molecular complexity index is 1690. The Hall–Kier alpha value is -4.51. The topological polar surface area (TPSA) is 140 Å². The minimum atomic E-state index is -5.10. The fourth-order valence-electron chi connectivity index (χ4n) is 3.62. The van der Waals surface area contributed by atoms with Crippen LogP contribution in [-0.4, -0.2) is 46.5 Å². The highest BCUT2D eigenvalue weighted by Crippen LogP contribution is 2.28. The van der Waals surface area contributed by atoms with Crippen LogP contribution in [0.3, 0.4) is 0 Å². The average Bonchev–Trinajstić information content (AvgIpc) is 3.21. The number of hydrogen-bond acceptors (Lipinski definition) is 8. The summed E-state index contributed by atoms with van der Waals surface area (Å²) in [5.74, 6) is -1.08. The molecule has 1 unspecified atom stereocenters. The zero-order valence-electron chi connectivity index (χ0n) is 20.1. The van der Waals surface area contributed by atoms with Crippen molar-refractivity contribution in [2.75, 3.05) is 6.26 Å². The van der Waals surface area contributed by atoms with Crippen molar-refractivity contribution >= 4 is 26.9 Å². The van der Waals surface area contributed by atoms with E-state index in [1.165, 1.54) is 6.20 Å². The summed E-state index contributed by atoms with van der Waals surface area (Å²) in [5, 5.41) is 11.7. The quantitative estimate of drug-likeness (QED) is 0.387. The molecular formula is C24H19F3N6O4S. The summed E-state index contributed by atoms with van der Waals surface area (Å²) in [7, 11) is -3.97. The molecule has 10 nitrogen and oxygen atoms in total. The monoisotopic (exact) mass is 544 g/mol. The maximum absolute atomic E-state index is 13.1. The Kier molecular flexibility index (Phi) is 6.81. The summed E-state index contributed by atoms with van der Waals surface area (Å²) in [4.78, 5) is 25.9. The lowest BCUT2D eigenvalue weighted by Gasteiger charge is -2.17. The number of carbonyl (C=O) groups is 1. The zero-order chi connectivity index (χ0) is 27.8. The molecule has 196 valence electrons. The number of alkyl halides is 3. The van der Waals surface area contributed by atoms with Gasteiger partial charge in [-0.2, -0.15) is 5.26 Å². The SMILES string of the molecule is Cc1ccc2nc(C(C)NC(=O)c3cc(OC(F)(F)F)cc(S(C)(=O)=O)c3)n(-c3ccc(C#N)cn3)c2n1. The summed E-state index contributed by atoms with van der Waals surface area (Å²) in [5.41, 5.74) is 1.56. The van der Waals surface area contributed by atoms with Crippen molar-refractivity contribution in [2.45, 2.75) is 31.1 Å². The number of imidazole rings is 1. The fourth-order valence-corrected chi connectivity index (χ4v) is 4.30. The lowest BCUT2D eigenvalue weighted by Crippen LogP contribution is -2.29. The number of nitrogens with zero attached hydrogens (tertiary/aromatic N) is 5. The molecule has 0 bridgehead atoms. The van der Waals surface area contributed by atoms with Crippen molar-refractivity contribution in [2.24, 2.45) is 0 Å². The number of halogens is 3. The molecule has 0 fully saturated rings. The third-order valence-electron chi connectivity index (χ3n) is 5.31. The summed E-state index contributed by atoms with van der Waals surface area (Å²) in [6.07, 6.45) is -2.93. The number of pyridine rings is 2. The molecule has 4 rings (SSSR count). The third-order valence-corrected chi connectivity index (χ3v) is 6.41. The predicted octanol–water partition coefficient (Wildman–Crippen LogP) is 3.79. The number of benzene rings is 1. The van der Waals surface area contributed by atoms with Crippen LogP contribution in [0.5, 0.6) is 5.75 Å². The second-order valence-corrected chi connectivity index (χ2v) is 10.3. The number of nitriles is 1. The number of nitrogens with one attached hydrogen (secondary N) is 1. The number of aromatic nitrogens is 4. The van der Waals surface area contributed by atoms with Crippen molar-refractivity contribution in [3.05, 3.63) is 71.3 Å². The minimum Gasteiger partial charge on any atom is -0.406 e. The summed E-state index contributed by atoms with van der Waals surface area (Å²) in [6, 6.07) is 10.2. The normalized spacial score (nSPS) is 12.7. The average molecular weight is 545 g/mol. The van der Waals surface area contributed by atoms with Crippen LogP contribution in [0, 0.1) is 18.3 Å². The molecule has 1 atom stereocenters. The molecule has 0 aliphatic carbocycles. The number of sulfone groups is 1. The third kappa shape index (κ3) is 5.73. The molecule has 3 heterocycles. The van der Waals surface area contributed by atoms with Crippen LogP contribution in [-0.2, 0) is 9.84 Å². The second-order valence-electron chi connectivity index (χ2n) is 8.33. The van der Waals surface area contributed by atoms with E-state index in [4.69, 9.17) is 5.26 Å². The van der Waals surface area contributed by atoms with E-state index in [1.54, 1.807) is 42.7 Å². The van der Waals surface area contributed by atoms with E-state index in [2.05, 4.69) is 25.0 Å². The summed E-state index contributed by atoms with van der Waals surface area (Å²) in [6.45, 7) is 3.36. The molecule has 0 aliphatic rings. The molecule has 14 heteroatoms. The van der Waals surface area contributed by atoms with Gasteiger partial charge in [0.1, 0.15) is 29.0 Å². The maximum atomic E-state index is 13.1. The van der Waals surface area contributed by atoms with Crippen LogP contribution in [0.1, 0.15) is 40.4 Å². The number of fused-ring (bicyclic) bond motifs is 1. The van der Waals surface area contributed by atoms with Gasteiger partial charge in [-0.05, 0) is 56.3 Å². The molecule has 1 aromatic carbocycles. The van der Waals surface area contributed by atoms with Crippen LogP contribution in [0.2, 0.25) is 0 Å². The molecule has 38 heavy (non-hydrogen) atoms. The molecule has 0 spiro atoms. The van der Waals surface area contributed by atoms with E-state index < -0.39 is 38.8 Å². The van der Waals surface area contributed by atoms with Gasteiger partial charge in [-0.3, -0.25) is 9.36 Å². The molecule has 3 aromatic heterocycles. The number of amides is 1. The van der Waals surface area contributed by atoms with Gasteiger partial charge >= 0.3 is 6.36 Å². The van der Waals surface area contributed by atoms with Crippen LogP contribution >= 0.6 is 0 Å². The Balaban J connectivity index is 1.75. The van der Waals surface area contributed by atoms with Gasteiger partial charge in [0.25, 0.3) is 5.91 Å². The van der Waals surface area contributed by atoms with Crippen LogP contribution < -0.4 is 10.1 Å². The minimum absolute atomic E-state index is 0.287. The van der Waals surface area contributed by atoms with E-state index in [-0.39, 0.29) is 11.4 Å². The molecule has 0 saturated heterocycles. The van der Waals surface area contributed by atoms with Gasteiger partial charge in [-0.1, -0.05) is 0 Å². The smallest absolute Gasteiger partial charge is 0.406 e. The van der Waals surface area contributed by atoms with E-state index >= 15 is 0 Å². The number of rotatable bonds is 6. The maximum Gasteiger partial charge on any atom is 0.573 e. The predicted molar refractivity (Wildman–Crippen MR) is 128 cm³/mol. The van der Waals surface area contributed by atoms with Gasteiger partial charge in [-0.25, -0.2) is 23.4 Å². The Morgan fingerprint density at radius 1 is 1.16 bits per heavy atom. The van der Waals surface area contributed by atoms with Crippen molar-refractivity contribution in [1.29, 1.82) is 5.26 Å². The van der Waals surface area contributed by atoms with Crippen molar-refractivity contribution in [3.63, 3.8) is 0 Å². The first kappa shape index (κ1) is 26.6. The first-order valence-corrected chi connectivity index (χ1v) is 12.8. The lowest BCUT2D eigenvalue weighted by molar-refractivity contribution is -0.274. The highest BCUT2D eigenvalue weighted by atomic mass is 32.2. The molecule has 4 aromatic rings. The first-order chi connectivity index (χ1) is 17.7. The number of hydrogen-bond donors (Lipinski definition) is 1.